The summed E-state index contributed by atoms with van der Waals surface area (Å²) in [7, 11) is -2.38. The zero-order chi connectivity index (χ0) is 15.1. The summed E-state index contributed by atoms with van der Waals surface area (Å²) < 4.78 is 11.8. The first-order valence-electron chi connectivity index (χ1n) is 5.64. The van der Waals surface area contributed by atoms with E-state index in [0.717, 1.165) is 0 Å². The molecule has 0 aromatic carbocycles. The van der Waals surface area contributed by atoms with Crippen molar-refractivity contribution in [2.45, 2.75) is 19.3 Å². The van der Waals surface area contributed by atoms with Crippen LogP contribution in [0.2, 0.25) is 0 Å². The Balaban J connectivity index is 4.46. The molecule has 19 heavy (non-hydrogen) atoms. The first-order chi connectivity index (χ1) is 8.68. The van der Waals surface area contributed by atoms with Crippen LogP contribution in [0.3, 0.4) is 0 Å². The fourth-order valence-corrected chi connectivity index (χ4v) is 3.19. The quantitative estimate of drug-likeness (QED) is 0.437. The van der Waals surface area contributed by atoms with Gasteiger partial charge >= 0.3 is 11.9 Å². The molecule has 9 heteroatoms. The van der Waals surface area contributed by atoms with Gasteiger partial charge in [-0.05, 0) is 6.42 Å². The van der Waals surface area contributed by atoms with Gasteiger partial charge in [0.05, 0.1) is 5.92 Å². The highest BCUT2D eigenvalue weighted by molar-refractivity contribution is 7.58. The van der Waals surface area contributed by atoms with Gasteiger partial charge in [0.1, 0.15) is 0 Å². The SMILES string of the molecule is CNC(=O)CCP(=O)(O)CC(CCC(=O)O)C(=O)O. The molecule has 0 rings (SSSR count). The van der Waals surface area contributed by atoms with E-state index in [0.29, 0.717) is 0 Å². The summed E-state index contributed by atoms with van der Waals surface area (Å²) in [6.07, 6.45) is -1.60. The van der Waals surface area contributed by atoms with Gasteiger partial charge in [0, 0.05) is 32.2 Å². The van der Waals surface area contributed by atoms with Crippen molar-refractivity contribution in [1.29, 1.82) is 0 Å². The molecule has 4 N–H and O–H groups in total. The van der Waals surface area contributed by atoms with Crippen LogP contribution in [0.25, 0.3) is 0 Å². The van der Waals surface area contributed by atoms with E-state index in [-0.39, 0.29) is 25.4 Å². The normalized spacial score (nSPS) is 15.3. The molecule has 110 valence electrons. The lowest BCUT2D eigenvalue weighted by molar-refractivity contribution is -0.142. The van der Waals surface area contributed by atoms with Gasteiger partial charge in [-0.2, -0.15) is 0 Å². The Morgan fingerprint density at radius 3 is 2.21 bits per heavy atom. The van der Waals surface area contributed by atoms with E-state index in [4.69, 9.17) is 10.2 Å². The van der Waals surface area contributed by atoms with E-state index >= 15 is 0 Å². The molecule has 0 radical (unpaired) electrons. The smallest absolute Gasteiger partial charge is 0.307 e. The third kappa shape index (κ3) is 8.34. The summed E-state index contributed by atoms with van der Waals surface area (Å²) in [5, 5.41) is 19.6. The van der Waals surface area contributed by atoms with E-state index < -0.39 is 37.3 Å². The summed E-state index contributed by atoms with van der Waals surface area (Å²) in [4.78, 5) is 41.8. The maximum atomic E-state index is 11.8. The first kappa shape index (κ1) is 17.6. The minimum absolute atomic E-state index is 0.171. The Morgan fingerprint density at radius 1 is 1.21 bits per heavy atom. The number of carbonyl (C=O) groups is 3. The summed E-state index contributed by atoms with van der Waals surface area (Å²) in [5.41, 5.74) is 0. The lowest BCUT2D eigenvalue weighted by Crippen LogP contribution is -2.22. The van der Waals surface area contributed by atoms with Crippen molar-refractivity contribution in [3.8, 4) is 0 Å². The molecule has 0 aromatic heterocycles. The van der Waals surface area contributed by atoms with E-state index in [1.807, 2.05) is 0 Å². The Morgan fingerprint density at radius 2 is 1.79 bits per heavy atom. The highest BCUT2D eigenvalue weighted by atomic mass is 31.2. The van der Waals surface area contributed by atoms with Crippen molar-refractivity contribution in [3.63, 3.8) is 0 Å². The number of hydrogen-bond acceptors (Lipinski definition) is 4. The molecule has 0 saturated carbocycles. The van der Waals surface area contributed by atoms with Crippen molar-refractivity contribution in [2.24, 2.45) is 5.92 Å². The van der Waals surface area contributed by atoms with Crippen LogP contribution < -0.4 is 5.32 Å². The largest absolute Gasteiger partial charge is 0.481 e. The second kappa shape index (κ2) is 7.91. The van der Waals surface area contributed by atoms with Crippen LogP contribution in [0.5, 0.6) is 0 Å². The molecule has 0 aromatic rings. The minimum atomic E-state index is -3.76. The number of amides is 1. The Hall–Kier alpha value is -1.40. The summed E-state index contributed by atoms with van der Waals surface area (Å²) >= 11 is 0. The van der Waals surface area contributed by atoms with Crippen LogP contribution >= 0.6 is 7.37 Å². The van der Waals surface area contributed by atoms with E-state index in [1.165, 1.54) is 7.05 Å². The number of carboxylic acid groups (broad SMARTS) is 2. The number of hydrogen-bond donors (Lipinski definition) is 4. The van der Waals surface area contributed by atoms with Gasteiger partial charge in [-0.3, -0.25) is 18.9 Å². The van der Waals surface area contributed by atoms with Crippen molar-refractivity contribution < 1.29 is 34.1 Å². The van der Waals surface area contributed by atoms with Crippen LogP contribution in [0.15, 0.2) is 0 Å². The average molecular weight is 295 g/mol. The van der Waals surface area contributed by atoms with Gasteiger partial charge in [0.25, 0.3) is 0 Å². The molecule has 0 aliphatic rings. The second-order valence-electron chi connectivity index (χ2n) is 4.14. The molecule has 8 nitrogen and oxygen atoms in total. The fraction of sp³-hybridized carbons (Fsp3) is 0.700. The maximum Gasteiger partial charge on any atom is 0.307 e. The molecule has 0 aliphatic carbocycles. The number of aliphatic carboxylic acids is 2. The highest BCUT2D eigenvalue weighted by Gasteiger charge is 2.29. The molecule has 0 heterocycles. The second-order valence-corrected chi connectivity index (χ2v) is 6.65. The third-order valence-electron chi connectivity index (χ3n) is 2.53. The van der Waals surface area contributed by atoms with Crippen LogP contribution in [0.4, 0.5) is 0 Å². The molecular weight excluding hydrogens is 277 g/mol. The summed E-state index contributed by atoms with van der Waals surface area (Å²) in [6, 6.07) is 0. The van der Waals surface area contributed by atoms with Gasteiger partial charge in [0.15, 0.2) is 0 Å². The van der Waals surface area contributed by atoms with Gasteiger partial charge < -0.3 is 20.4 Å². The Bertz CT molecular complexity index is 395. The molecule has 0 fully saturated rings. The summed E-state index contributed by atoms with van der Waals surface area (Å²) in [5.74, 6) is -4.08. The van der Waals surface area contributed by atoms with Crippen LogP contribution in [0, 0.1) is 5.92 Å². The molecule has 0 bridgehead atoms. The number of rotatable bonds is 9. The highest BCUT2D eigenvalue weighted by Crippen LogP contribution is 2.43. The third-order valence-corrected chi connectivity index (χ3v) is 4.46. The molecule has 2 unspecified atom stereocenters. The molecule has 0 saturated heterocycles. The van der Waals surface area contributed by atoms with Gasteiger partial charge in [0.2, 0.25) is 13.3 Å². The number of carbonyl (C=O) groups excluding carboxylic acids is 1. The molecule has 0 spiro atoms. The predicted molar refractivity (Wildman–Crippen MR) is 66.2 cm³/mol. The van der Waals surface area contributed by atoms with E-state index in [2.05, 4.69) is 5.32 Å². The van der Waals surface area contributed by atoms with Crippen molar-refractivity contribution in [2.75, 3.05) is 19.4 Å². The standard InChI is InChI=1S/C10H18NO7P/c1-11-8(12)4-5-19(17,18)6-7(10(15)16)2-3-9(13)14/h7H,2-6H2,1H3,(H,11,12)(H,13,14)(H,15,16)(H,17,18). The summed E-state index contributed by atoms with van der Waals surface area (Å²) in [6.45, 7) is 0. The van der Waals surface area contributed by atoms with Gasteiger partial charge in [-0.25, -0.2) is 0 Å². The van der Waals surface area contributed by atoms with Gasteiger partial charge in [-0.15, -0.1) is 0 Å². The molecular formula is C10H18NO7P. The Kier molecular flexibility index (Phi) is 7.33. The molecule has 0 aliphatic heterocycles. The topological polar surface area (TPSA) is 141 Å². The van der Waals surface area contributed by atoms with Gasteiger partial charge in [-0.1, -0.05) is 0 Å². The van der Waals surface area contributed by atoms with E-state index in [1.54, 1.807) is 0 Å². The van der Waals surface area contributed by atoms with Crippen molar-refractivity contribution >= 4 is 25.2 Å². The first-order valence-corrected chi connectivity index (χ1v) is 7.67. The van der Waals surface area contributed by atoms with Crippen LogP contribution in [-0.2, 0) is 18.9 Å². The monoisotopic (exact) mass is 295 g/mol. The lowest BCUT2D eigenvalue weighted by Gasteiger charge is -2.16. The number of nitrogens with one attached hydrogen (secondary N) is 1. The zero-order valence-corrected chi connectivity index (χ0v) is 11.4. The molecule has 1 amide bonds. The van der Waals surface area contributed by atoms with Crippen LogP contribution in [0.1, 0.15) is 19.3 Å². The molecule has 2 atom stereocenters. The number of carboxylic acids is 2. The van der Waals surface area contributed by atoms with E-state index in [9.17, 15) is 23.8 Å². The fourth-order valence-electron chi connectivity index (χ4n) is 1.43. The minimum Gasteiger partial charge on any atom is -0.481 e. The predicted octanol–water partition coefficient (Wildman–Crippen LogP) is -0.0415. The average Bonchev–Trinajstić information content (AvgIpc) is 2.31. The maximum absolute atomic E-state index is 11.8. The Labute approximate surface area is 110 Å². The lowest BCUT2D eigenvalue weighted by atomic mass is 10.1. The van der Waals surface area contributed by atoms with Crippen molar-refractivity contribution in [1.82, 2.24) is 5.32 Å². The zero-order valence-electron chi connectivity index (χ0n) is 10.5. The van der Waals surface area contributed by atoms with Crippen LogP contribution in [-0.4, -0.2) is 52.3 Å². The van der Waals surface area contributed by atoms with Crippen molar-refractivity contribution in [3.05, 3.63) is 0 Å².